The molecule has 1 aromatic carbocycles. The Balaban J connectivity index is 2.14. The van der Waals surface area contributed by atoms with Crippen LogP contribution in [0, 0.1) is 6.92 Å². The van der Waals surface area contributed by atoms with E-state index in [-0.39, 0.29) is 24.5 Å². The van der Waals surface area contributed by atoms with Crippen LogP contribution in [-0.4, -0.2) is 32.8 Å². The summed E-state index contributed by atoms with van der Waals surface area (Å²) in [5.41, 5.74) is 3.25. The number of carbonyl (C=O) groups is 2. The van der Waals surface area contributed by atoms with Crippen LogP contribution >= 0.6 is 11.3 Å². The molecular weight excluding hydrogens is 388 g/mol. The molecule has 0 bridgehead atoms. The van der Waals surface area contributed by atoms with Crippen molar-refractivity contribution in [3.8, 4) is 0 Å². The van der Waals surface area contributed by atoms with Crippen LogP contribution in [0.5, 0.6) is 0 Å². The summed E-state index contributed by atoms with van der Waals surface area (Å²) in [5.74, 6) is -0.733. The Bertz CT molecular complexity index is 1120. The molecule has 0 spiro atoms. The van der Waals surface area contributed by atoms with Crippen molar-refractivity contribution in [2.24, 2.45) is 4.99 Å². The van der Waals surface area contributed by atoms with Crippen molar-refractivity contribution in [3.63, 3.8) is 0 Å². The Hall–Kier alpha value is -2.74. The van der Waals surface area contributed by atoms with Crippen LogP contribution in [-0.2, 0) is 22.5 Å². The van der Waals surface area contributed by atoms with Crippen molar-refractivity contribution in [1.29, 1.82) is 0 Å². The molecule has 0 aliphatic heterocycles. The van der Waals surface area contributed by atoms with Gasteiger partial charge in [0.2, 0.25) is 0 Å². The van der Waals surface area contributed by atoms with E-state index in [1.165, 1.54) is 16.9 Å². The van der Waals surface area contributed by atoms with E-state index >= 15 is 0 Å². The fourth-order valence-corrected chi connectivity index (χ4v) is 4.22. The number of amides is 1. The summed E-state index contributed by atoms with van der Waals surface area (Å²) in [4.78, 5) is 30.0. The molecule has 0 aliphatic carbocycles. The second-order valence-electron chi connectivity index (χ2n) is 7.06. The third-order valence-corrected chi connectivity index (χ3v) is 5.55. The first-order chi connectivity index (χ1) is 13.8. The van der Waals surface area contributed by atoms with E-state index in [0.717, 1.165) is 22.3 Å². The number of ether oxygens (including phenoxy) is 1. The average Bonchev–Trinajstić information content (AvgIpc) is 3.22. The zero-order valence-corrected chi connectivity index (χ0v) is 18.2. The van der Waals surface area contributed by atoms with E-state index in [9.17, 15) is 9.59 Å². The number of hydrogen-bond acceptors (Lipinski definition) is 5. The molecule has 0 fully saturated rings. The summed E-state index contributed by atoms with van der Waals surface area (Å²) in [5, 5.41) is 4.39. The fraction of sp³-hybridized carbons (Fsp3) is 0.429. The van der Waals surface area contributed by atoms with E-state index in [0.29, 0.717) is 17.1 Å². The summed E-state index contributed by atoms with van der Waals surface area (Å²) >= 11 is 1.40. The molecule has 0 saturated carbocycles. The second kappa shape index (κ2) is 8.73. The minimum atomic E-state index is -0.376. The highest BCUT2D eigenvalue weighted by Crippen LogP contribution is 2.20. The Morgan fingerprint density at radius 1 is 1.24 bits per heavy atom. The van der Waals surface area contributed by atoms with Gasteiger partial charge in [0.15, 0.2) is 4.80 Å². The SMILES string of the molecule is CCOC(=O)Cn1c(=NC(=O)c2cc(C)nn2C(C)C)sc2cc(CC)ccc21. The van der Waals surface area contributed by atoms with E-state index < -0.39 is 0 Å². The van der Waals surface area contributed by atoms with Crippen molar-refractivity contribution >= 4 is 33.4 Å². The maximum absolute atomic E-state index is 13.0. The van der Waals surface area contributed by atoms with Gasteiger partial charge in [0.05, 0.1) is 22.5 Å². The molecule has 7 nitrogen and oxygen atoms in total. The number of benzene rings is 1. The summed E-state index contributed by atoms with van der Waals surface area (Å²) in [6.07, 6.45) is 0.907. The molecule has 29 heavy (non-hydrogen) atoms. The van der Waals surface area contributed by atoms with Crippen LogP contribution in [0.15, 0.2) is 29.3 Å². The van der Waals surface area contributed by atoms with Crippen LogP contribution in [0.1, 0.15) is 55.5 Å². The molecule has 0 aliphatic rings. The minimum absolute atomic E-state index is 0.00783. The van der Waals surface area contributed by atoms with Gasteiger partial charge in [-0.25, -0.2) is 0 Å². The summed E-state index contributed by atoms with van der Waals surface area (Å²) < 4.78 is 9.52. The quantitative estimate of drug-likeness (QED) is 0.577. The highest BCUT2D eigenvalue weighted by atomic mass is 32.1. The molecule has 0 atom stereocenters. The first-order valence-electron chi connectivity index (χ1n) is 9.77. The van der Waals surface area contributed by atoms with Gasteiger partial charge in [0, 0.05) is 6.04 Å². The standard InChI is InChI=1S/C21H26N4O3S/c1-6-15-8-9-16-18(11-15)29-21(24(16)12-19(26)28-7-2)22-20(27)17-10-14(5)23-25(17)13(3)4/h8-11,13H,6-7,12H2,1-5H3. The predicted octanol–water partition coefficient (Wildman–Crippen LogP) is 3.66. The zero-order valence-electron chi connectivity index (χ0n) is 17.4. The molecule has 2 heterocycles. The highest BCUT2D eigenvalue weighted by molar-refractivity contribution is 7.16. The van der Waals surface area contributed by atoms with Crippen LogP contribution in [0.25, 0.3) is 10.2 Å². The second-order valence-corrected chi connectivity index (χ2v) is 8.07. The predicted molar refractivity (Wildman–Crippen MR) is 113 cm³/mol. The van der Waals surface area contributed by atoms with Crippen LogP contribution in [0.4, 0.5) is 0 Å². The van der Waals surface area contributed by atoms with Gasteiger partial charge in [-0.1, -0.05) is 24.3 Å². The van der Waals surface area contributed by atoms with Crippen molar-refractivity contribution < 1.29 is 14.3 Å². The van der Waals surface area contributed by atoms with Crippen molar-refractivity contribution in [2.45, 2.75) is 53.6 Å². The normalized spacial score (nSPS) is 12.1. The first kappa shape index (κ1) is 21.0. The minimum Gasteiger partial charge on any atom is -0.465 e. The molecule has 1 amide bonds. The third-order valence-electron chi connectivity index (χ3n) is 4.51. The Morgan fingerprint density at radius 2 is 2.00 bits per heavy atom. The van der Waals surface area contributed by atoms with Crippen molar-refractivity contribution in [3.05, 3.63) is 46.0 Å². The smallest absolute Gasteiger partial charge is 0.326 e. The highest BCUT2D eigenvalue weighted by Gasteiger charge is 2.17. The lowest BCUT2D eigenvalue weighted by Gasteiger charge is -2.08. The largest absolute Gasteiger partial charge is 0.465 e. The van der Waals surface area contributed by atoms with E-state index in [1.807, 2.05) is 32.9 Å². The van der Waals surface area contributed by atoms with Crippen LogP contribution in [0.2, 0.25) is 0 Å². The topological polar surface area (TPSA) is 78.5 Å². The zero-order chi connectivity index (χ0) is 21.1. The molecule has 8 heteroatoms. The number of esters is 1. The number of nitrogens with zero attached hydrogens (tertiary/aromatic N) is 4. The molecule has 2 aromatic heterocycles. The van der Waals surface area contributed by atoms with Gasteiger partial charge in [0.1, 0.15) is 12.2 Å². The molecule has 0 saturated heterocycles. The molecule has 0 N–H and O–H groups in total. The monoisotopic (exact) mass is 414 g/mol. The maximum atomic E-state index is 13.0. The van der Waals surface area contributed by atoms with Crippen LogP contribution < -0.4 is 4.80 Å². The Kier molecular flexibility index (Phi) is 6.32. The number of rotatable bonds is 6. The molecular formula is C21H26N4O3S. The summed E-state index contributed by atoms with van der Waals surface area (Å²) in [6, 6.07) is 7.85. The third kappa shape index (κ3) is 4.48. The van der Waals surface area contributed by atoms with Crippen LogP contribution in [0.3, 0.4) is 0 Å². The number of aromatic nitrogens is 3. The van der Waals surface area contributed by atoms with Gasteiger partial charge in [-0.15, -0.1) is 0 Å². The summed E-state index contributed by atoms with van der Waals surface area (Å²) in [7, 11) is 0. The van der Waals surface area contributed by atoms with Gasteiger partial charge >= 0.3 is 5.97 Å². The first-order valence-corrected chi connectivity index (χ1v) is 10.6. The van der Waals surface area contributed by atoms with E-state index in [1.54, 1.807) is 22.2 Å². The van der Waals surface area contributed by atoms with Crippen molar-refractivity contribution in [1.82, 2.24) is 14.3 Å². The lowest BCUT2D eigenvalue weighted by atomic mass is 10.2. The van der Waals surface area contributed by atoms with E-state index in [4.69, 9.17) is 4.74 Å². The lowest BCUT2D eigenvalue weighted by Crippen LogP contribution is -2.23. The number of carbonyl (C=O) groups excluding carboxylic acids is 2. The number of thiazole rings is 1. The van der Waals surface area contributed by atoms with E-state index in [2.05, 4.69) is 23.1 Å². The molecule has 3 aromatic rings. The van der Waals surface area contributed by atoms with Gasteiger partial charge in [-0.2, -0.15) is 10.1 Å². The molecule has 0 radical (unpaired) electrons. The molecule has 3 rings (SSSR count). The number of fused-ring (bicyclic) bond motifs is 1. The average molecular weight is 415 g/mol. The van der Waals surface area contributed by atoms with Gasteiger partial charge < -0.3 is 9.30 Å². The Labute approximate surface area is 173 Å². The molecule has 154 valence electrons. The number of aryl methyl sites for hydroxylation is 2. The van der Waals surface area contributed by atoms with Gasteiger partial charge in [0.25, 0.3) is 5.91 Å². The van der Waals surface area contributed by atoms with Gasteiger partial charge in [-0.05, 0) is 57.9 Å². The van der Waals surface area contributed by atoms with Gasteiger partial charge in [-0.3, -0.25) is 14.3 Å². The Morgan fingerprint density at radius 3 is 2.66 bits per heavy atom. The summed E-state index contributed by atoms with van der Waals surface area (Å²) in [6.45, 7) is 9.96. The molecule has 0 unspecified atom stereocenters. The maximum Gasteiger partial charge on any atom is 0.326 e. The lowest BCUT2D eigenvalue weighted by molar-refractivity contribution is -0.143. The fourth-order valence-electron chi connectivity index (χ4n) is 3.13. The van der Waals surface area contributed by atoms with Crippen molar-refractivity contribution in [2.75, 3.05) is 6.61 Å². The number of hydrogen-bond donors (Lipinski definition) is 0.